The van der Waals surface area contributed by atoms with Gasteiger partial charge in [-0.3, -0.25) is 0 Å². The minimum atomic E-state index is -3.45. The van der Waals surface area contributed by atoms with E-state index in [1.54, 1.807) is 38.1 Å². The van der Waals surface area contributed by atoms with Crippen molar-refractivity contribution in [3.05, 3.63) is 35.4 Å². The van der Waals surface area contributed by atoms with Crippen LogP contribution in [0.25, 0.3) is 0 Å². The standard InChI is InChI=1S/C18H32N2O6S2/c1-5-11-27(23,24)19-13-17(3,21)15-7-9-16(10-8-15)18(4,22)14-20-28(25,26)12-6-2/h7-10,19-22H,5-6,11-14H2,1-4H3. The molecule has 10 heteroatoms. The van der Waals surface area contributed by atoms with Crippen LogP contribution in [0.15, 0.2) is 24.3 Å². The molecule has 0 saturated carbocycles. The number of hydrogen-bond donors (Lipinski definition) is 4. The van der Waals surface area contributed by atoms with Gasteiger partial charge in [-0.15, -0.1) is 0 Å². The number of nitrogens with one attached hydrogen (secondary N) is 2. The summed E-state index contributed by atoms with van der Waals surface area (Å²) in [5, 5.41) is 21.2. The average Bonchev–Trinajstić information content (AvgIpc) is 2.59. The van der Waals surface area contributed by atoms with E-state index in [0.29, 0.717) is 24.0 Å². The van der Waals surface area contributed by atoms with Crippen molar-refractivity contribution in [1.29, 1.82) is 0 Å². The normalized spacial score (nSPS) is 17.1. The molecule has 0 spiro atoms. The van der Waals surface area contributed by atoms with Crippen LogP contribution in [0.2, 0.25) is 0 Å². The van der Waals surface area contributed by atoms with E-state index < -0.39 is 31.2 Å². The molecule has 1 aromatic rings. The molecule has 0 aliphatic rings. The highest BCUT2D eigenvalue weighted by Crippen LogP contribution is 2.25. The van der Waals surface area contributed by atoms with Crippen LogP contribution in [0.1, 0.15) is 51.7 Å². The smallest absolute Gasteiger partial charge is 0.211 e. The highest BCUT2D eigenvalue weighted by molar-refractivity contribution is 7.89. The molecule has 0 amide bonds. The highest BCUT2D eigenvalue weighted by Gasteiger charge is 2.28. The van der Waals surface area contributed by atoms with E-state index in [1.165, 1.54) is 13.8 Å². The third-order valence-electron chi connectivity index (χ3n) is 4.35. The van der Waals surface area contributed by atoms with E-state index in [9.17, 15) is 27.0 Å². The van der Waals surface area contributed by atoms with Crippen LogP contribution in [-0.4, -0.2) is 51.6 Å². The van der Waals surface area contributed by atoms with Crippen molar-refractivity contribution in [3.63, 3.8) is 0 Å². The van der Waals surface area contributed by atoms with Crippen LogP contribution in [0, 0.1) is 0 Å². The number of hydrogen-bond acceptors (Lipinski definition) is 6. The van der Waals surface area contributed by atoms with Gasteiger partial charge in [-0.25, -0.2) is 26.3 Å². The number of benzene rings is 1. The lowest BCUT2D eigenvalue weighted by Gasteiger charge is -2.27. The van der Waals surface area contributed by atoms with E-state index in [2.05, 4.69) is 9.44 Å². The van der Waals surface area contributed by atoms with Crippen molar-refractivity contribution in [3.8, 4) is 0 Å². The molecule has 4 N–H and O–H groups in total. The van der Waals surface area contributed by atoms with Gasteiger partial charge in [-0.1, -0.05) is 38.1 Å². The Morgan fingerprint density at radius 3 is 1.29 bits per heavy atom. The van der Waals surface area contributed by atoms with Crippen molar-refractivity contribution in [2.24, 2.45) is 0 Å². The average molecular weight is 437 g/mol. The van der Waals surface area contributed by atoms with Crippen molar-refractivity contribution in [2.75, 3.05) is 24.6 Å². The zero-order chi connectivity index (χ0) is 21.6. The van der Waals surface area contributed by atoms with Crippen LogP contribution in [0.4, 0.5) is 0 Å². The Morgan fingerprint density at radius 2 is 1.04 bits per heavy atom. The van der Waals surface area contributed by atoms with Crippen LogP contribution in [0.5, 0.6) is 0 Å². The molecule has 0 aliphatic heterocycles. The first-order valence-corrected chi connectivity index (χ1v) is 12.6. The van der Waals surface area contributed by atoms with Gasteiger partial charge in [0.1, 0.15) is 11.2 Å². The summed E-state index contributed by atoms with van der Waals surface area (Å²) in [5.74, 6) is -0.0301. The van der Waals surface area contributed by atoms with Crippen LogP contribution >= 0.6 is 0 Å². The van der Waals surface area contributed by atoms with Gasteiger partial charge in [-0.2, -0.15) is 0 Å². The maximum Gasteiger partial charge on any atom is 0.211 e. The molecule has 1 rings (SSSR count). The zero-order valence-corrected chi connectivity index (χ0v) is 18.5. The van der Waals surface area contributed by atoms with Crippen molar-refractivity contribution in [2.45, 2.75) is 51.7 Å². The molecule has 0 radical (unpaired) electrons. The lowest BCUT2D eigenvalue weighted by molar-refractivity contribution is 0.0588. The van der Waals surface area contributed by atoms with Crippen LogP contribution < -0.4 is 9.44 Å². The summed E-state index contributed by atoms with van der Waals surface area (Å²) in [7, 11) is -6.89. The summed E-state index contributed by atoms with van der Waals surface area (Å²) >= 11 is 0. The summed E-state index contributed by atoms with van der Waals surface area (Å²) in [6, 6.07) is 6.33. The second kappa shape index (κ2) is 9.64. The van der Waals surface area contributed by atoms with E-state index in [1.807, 2.05) is 0 Å². The van der Waals surface area contributed by atoms with E-state index in [-0.39, 0.29) is 24.6 Å². The third-order valence-corrected chi connectivity index (χ3v) is 7.41. The quantitative estimate of drug-likeness (QED) is 0.382. The number of aliphatic hydroxyl groups is 2. The first-order valence-electron chi connectivity index (χ1n) is 9.25. The molecule has 28 heavy (non-hydrogen) atoms. The van der Waals surface area contributed by atoms with Crippen molar-refractivity contribution in [1.82, 2.24) is 9.44 Å². The summed E-state index contributed by atoms with van der Waals surface area (Å²) < 4.78 is 51.9. The Hall–Kier alpha value is -1.04. The fraction of sp³-hybridized carbons (Fsp3) is 0.667. The SMILES string of the molecule is CCCS(=O)(=O)NCC(C)(O)c1ccc(C(C)(O)CNS(=O)(=O)CCC)cc1. The van der Waals surface area contributed by atoms with Crippen LogP contribution in [0.3, 0.4) is 0 Å². The van der Waals surface area contributed by atoms with Gasteiger partial charge in [0.05, 0.1) is 11.5 Å². The molecule has 0 aromatic heterocycles. The molecule has 8 nitrogen and oxygen atoms in total. The predicted octanol–water partition coefficient (Wildman–Crippen LogP) is 0.760. The van der Waals surface area contributed by atoms with Crippen molar-refractivity contribution < 1.29 is 27.0 Å². The van der Waals surface area contributed by atoms with Gasteiger partial charge in [0.25, 0.3) is 0 Å². The molecule has 162 valence electrons. The Bertz CT molecular complexity index is 760. The second-order valence-corrected chi connectivity index (χ2v) is 11.3. The second-order valence-electron chi connectivity index (χ2n) is 7.41. The Kier molecular flexibility index (Phi) is 8.61. The maximum atomic E-state index is 11.8. The summed E-state index contributed by atoms with van der Waals surface area (Å²) in [4.78, 5) is 0. The molecule has 0 bridgehead atoms. The largest absolute Gasteiger partial charge is 0.384 e. The molecule has 1 aromatic carbocycles. The molecule has 0 saturated heterocycles. The van der Waals surface area contributed by atoms with E-state index in [4.69, 9.17) is 0 Å². The molecule has 0 aliphatic carbocycles. The van der Waals surface area contributed by atoms with E-state index >= 15 is 0 Å². The Labute approximate surface area is 168 Å². The summed E-state index contributed by atoms with van der Waals surface area (Å²) in [6.07, 6.45) is 0.951. The highest BCUT2D eigenvalue weighted by atomic mass is 32.2. The lowest BCUT2D eigenvalue weighted by Crippen LogP contribution is -2.40. The van der Waals surface area contributed by atoms with Gasteiger partial charge >= 0.3 is 0 Å². The molecule has 0 heterocycles. The van der Waals surface area contributed by atoms with E-state index in [0.717, 1.165) is 0 Å². The predicted molar refractivity (Wildman–Crippen MR) is 110 cm³/mol. The molecular weight excluding hydrogens is 404 g/mol. The molecule has 2 atom stereocenters. The molecule has 2 unspecified atom stereocenters. The minimum Gasteiger partial charge on any atom is -0.384 e. The summed E-state index contributed by atoms with van der Waals surface area (Å²) in [5.41, 5.74) is -1.93. The van der Waals surface area contributed by atoms with Gasteiger partial charge < -0.3 is 10.2 Å². The monoisotopic (exact) mass is 436 g/mol. The fourth-order valence-electron chi connectivity index (χ4n) is 2.58. The Morgan fingerprint density at radius 1 is 0.750 bits per heavy atom. The maximum absolute atomic E-state index is 11.8. The topological polar surface area (TPSA) is 133 Å². The third kappa shape index (κ3) is 7.76. The Balaban J connectivity index is 2.85. The van der Waals surface area contributed by atoms with Gasteiger partial charge in [-0.05, 0) is 37.8 Å². The first-order chi connectivity index (χ1) is 12.7. The molecule has 0 fully saturated rings. The van der Waals surface area contributed by atoms with Crippen molar-refractivity contribution >= 4 is 20.0 Å². The number of sulfonamides is 2. The van der Waals surface area contributed by atoms with Gasteiger partial charge in [0.2, 0.25) is 20.0 Å². The first kappa shape index (κ1) is 25.0. The van der Waals surface area contributed by atoms with Crippen LogP contribution in [-0.2, 0) is 31.2 Å². The van der Waals surface area contributed by atoms with Gasteiger partial charge in [0.15, 0.2) is 0 Å². The van der Waals surface area contributed by atoms with Gasteiger partial charge in [0, 0.05) is 13.1 Å². The fourth-order valence-corrected chi connectivity index (χ4v) is 4.94. The molecular formula is C18H32N2O6S2. The minimum absolute atomic E-state index is 0.0151. The summed E-state index contributed by atoms with van der Waals surface area (Å²) in [6.45, 7) is 6.14. The lowest BCUT2D eigenvalue weighted by atomic mass is 9.91. The zero-order valence-electron chi connectivity index (χ0n) is 16.9. The number of rotatable bonds is 12.